The van der Waals surface area contributed by atoms with Gasteiger partial charge in [-0.2, -0.15) is 0 Å². The lowest BCUT2D eigenvalue weighted by Gasteiger charge is -2.19. The van der Waals surface area contributed by atoms with Crippen molar-refractivity contribution in [2.45, 2.75) is 26.2 Å². The summed E-state index contributed by atoms with van der Waals surface area (Å²) in [5.41, 5.74) is 4.41. The van der Waals surface area contributed by atoms with Crippen LogP contribution in [0.2, 0.25) is 0 Å². The van der Waals surface area contributed by atoms with Crippen LogP contribution in [0.4, 0.5) is 17.1 Å². The van der Waals surface area contributed by atoms with Gasteiger partial charge in [0.1, 0.15) is 0 Å². The van der Waals surface area contributed by atoms with Crippen LogP contribution in [-0.2, 0) is 5.41 Å². The van der Waals surface area contributed by atoms with Crippen molar-refractivity contribution < 1.29 is 4.79 Å². The van der Waals surface area contributed by atoms with Crippen molar-refractivity contribution in [3.63, 3.8) is 0 Å². The van der Waals surface area contributed by atoms with Gasteiger partial charge < -0.3 is 10.6 Å². The fourth-order valence-electron chi connectivity index (χ4n) is 2.70. The van der Waals surface area contributed by atoms with E-state index in [2.05, 4.69) is 41.7 Å². The zero-order chi connectivity index (χ0) is 20.9. The molecule has 29 heavy (non-hydrogen) atoms. The number of anilines is 3. The molecule has 0 radical (unpaired) electrons. The SMILES string of the molecule is CC(C)(C)c1ccc(C(=O)NC(=S)Nc2ccc(Nc3cccnc3)cc2)cc1. The molecule has 0 spiro atoms. The minimum absolute atomic E-state index is 0.0455. The number of nitrogens with zero attached hydrogens (tertiary/aromatic N) is 1. The molecule has 0 saturated carbocycles. The van der Waals surface area contributed by atoms with Crippen molar-refractivity contribution in [3.05, 3.63) is 84.2 Å². The Hall–Kier alpha value is -3.25. The van der Waals surface area contributed by atoms with Gasteiger partial charge in [0, 0.05) is 23.1 Å². The Morgan fingerprint density at radius 3 is 2.14 bits per heavy atom. The minimum atomic E-state index is -0.238. The number of hydrogen-bond donors (Lipinski definition) is 3. The highest BCUT2D eigenvalue weighted by molar-refractivity contribution is 7.80. The van der Waals surface area contributed by atoms with Gasteiger partial charge in [-0.25, -0.2) is 0 Å². The average molecular weight is 405 g/mol. The zero-order valence-corrected chi connectivity index (χ0v) is 17.5. The molecule has 0 aliphatic carbocycles. The molecule has 0 aliphatic heterocycles. The van der Waals surface area contributed by atoms with E-state index in [0.29, 0.717) is 5.56 Å². The van der Waals surface area contributed by atoms with Crippen LogP contribution in [0.1, 0.15) is 36.7 Å². The Morgan fingerprint density at radius 1 is 0.897 bits per heavy atom. The quantitative estimate of drug-likeness (QED) is 0.518. The molecular formula is C23H24N4OS. The smallest absolute Gasteiger partial charge is 0.257 e. The molecule has 3 aromatic rings. The molecule has 0 aliphatic rings. The van der Waals surface area contributed by atoms with Gasteiger partial charge in [0.25, 0.3) is 5.91 Å². The third kappa shape index (κ3) is 5.86. The summed E-state index contributed by atoms with van der Waals surface area (Å²) in [5, 5.41) is 9.26. The van der Waals surface area contributed by atoms with Crippen molar-refractivity contribution in [2.24, 2.45) is 0 Å². The third-order valence-electron chi connectivity index (χ3n) is 4.33. The van der Waals surface area contributed by atoms with Gasteiger partial charge in [-0.05, 0) is 71.7 Å². The maximum absolute atomic E-state index is 12.4. The van der Waals surface area contributed by atoms with E-state index in [0.717, 1.165) is 17.1 Å². The van der Waals surface area contributed by atoms with E-state index in [1.165, 1.54) is 5.56 Å². The van der Waals surface area contributed by atoms with Crippen LogP contribution in [0.5, 0.6) is 0 Å². The Balaban J connectivity index is 1.55. The maximum atomic E-state index is 12.4. The third-order valence-corrected chi connectivity index (χ3v) is 4.54. The van der Waals surface area contributed by atoms with Crippen LogP contribution in [-0.4, -0.2) is 16.0 Å². The summed E-state index contributed by atoms with van der Waals surface area (Å²) >= 11 is 5.27. The normalized spacial score (nSPS) is 10.9. The maximum Gasteiger partial charge on any atom is 0.257 e. The topological polar surface area (TPSA) is 66.1 Å². The first-order valence-electron chi connectivity index (χ1n) is 9.31. The van der Waals surface area contributed by atoms with Crippen LogP contribution in [0.3, 0.4) is 0 Å². The molecule has 0 bridgehead atoms. The molecular weight excluding hydrogens is 380 g/mol. The Labute approximate surface area is 176 Å². The molecule has 0 fully saturated rings. The molecule has 3 N–H and O–H groups in total. The monoisotopic (exact) mass is 404 g/mol. The molecule has 2 aromatic carbocycles. The van der Waals surface area contributed by atoms with Gasteiger partial charge in [-0.3, -0.25) is 15.1 Å². The summed E-state index contributed by atoms with van der Waals surface area (Å²) in [5.74, 6) is -0.238. The number of nitrogens with one attached hydrogen (secondary N) is 3. The van der Waals surface area contributed by atoms with Crippen molar-refractivity contribution in [1.29, 1.82) is 0 Å². The number of benzene rings is 2. The molecule has 0 atom stereocenters. The summed E-state index contributed by atoms with van der Waals surface area (Å²) < 4.78 is 0. The number of aromatic nitrogens is 1. The predicted octanol–water partition coefficient (Wildman–Crippen LogP) is 5.25. The van der Waals surface area contributed by atoms with E-state index in [9.17, 15) is 4.79 Å². The number of thiocarbonyl (C=S) groups is 1. The first-order valence-corrected chi connectivity index (χ1v) is 9.72. The average Bonchev–Trinajstić information content (AvgIpc) is 2.69. The zero-order valence-electron chi connectivity index (χ0n) is 16.7. The second-order valence-electron chi connectivity index (χ2n) is 7.68. The summed E-state index contributed by atoms with van der Waals surface area (Å²) in [7, 11) is 0. The number of hydrogen-bond acceptors (Lipinski definition) is 4. The second-order valence-corrected chi connectivity index (χ2v) is 8.09. The van der Waals surface area contributed by atoms with Crippen LogP contribution in [0, 0.1) is 0 Å². The van der Waals surface area contributed by atoms with Gasteiger partial charge in [0.15, 0.2) is 5.11 Å². The fraction of sp³-hybridized carbons (Fsp3) is 0.174. The molecule has 5 nitrogen and oxygen atoms in total. The van der Waals surface area contributed by atoms with Crippen LogP contribution in [0.15, 0.2) is 73.1 Å². The lowest BCUT2D eigenvalue weighted by Crippen LogP contribution is -2.34. The summed E-state index contributed by atoms with van der Waals surface area (Å²) in [4.78, 5) is 16.5. The molecule has 148 valence electrons. The highest BCUT2D eigenvalue weighted by atomic mass is 32.1. The Kier molecular flexibility index (Phi) is 6.24. The summed E-state index contributed by atoms with van der Waals surface area (Å²) in [6, 6.07) is 19.0. The lowest BCUT2D eigenvalue weighted by molar-refractivity contribution is 0.0977. The van der Waals surface area contributed by atoms with E-state index >= 15 is 0 Å². The van der Waals surface area contributed by atoms with Crippen molar-refractivity contribution in [2.75, 3.05) is 10.6 Å². The molecule has 3 rings (SSSR count). The number of pyridine rings is 1. The fourth-order valence-corrected chi connectivity index (χ4v) is 2.91. The minimum Gasteiger partial charge on any atom is -0.354 e. The van der Waals surface area contributed by atoms with E-state index < -0.39 is 0 Å². The van der Waals surface area contributed by atoms with Gasteiger partial charge in [0.05, 0.1) is 11.9 Å². The molecule has 0 saturated heterocycles. The standard InChI is InChI=1S/C23H24N4OS/c1-23(2,3)17-8-6-16(7-9-17)21(28)27-22(29)26-19-12-10-18(11-13-19)25-20-5-4-14-24-15-20/h4-15,25H,1-3H3,(H2,26,27,28,29). The Bertz CT molecular complexity index is 978. The van der Waals surface area contributed by atoms with E-state index in [4.69, 9.17) is 12.2 Å². The Morgan fingerprint density at radius 2 is 1.55 bits per heavy atom. The summed E-state index contributed by atoms with van der Waals surface area (Å²) in [6.07, 6.45) is 3.48. The number of carbonyl (C=O) groups excluding carboxylic acids is 1. The lowest BCUT2D eigenvalue weighted by atomic mass is 9.87. The van der Waals surface area contributed by atoms with Crippen molar-refractivity contribution >= 4 is 40.3 Å². The van der Waals surface area contributed by atoms with Crippen molar-refractivity contribution in [1.82, 2.24) is 10.3 Å². The molecule has 1 aromatic heterocycles. The van der Waals surface area contributed by atoms with Crippen LogP contribution < -0.4 is 16.0 Å². The van der Waals surface area contributed by atoms with Crippen LogP contribution >= 0.6 is 12.2 Å². The second kappa shape index (κ2) is 8.84. The van der Waals surface area contributed by atoms with Gasteiger partial charge in [-0.15, -0.1) is 0 Å². The predicted molar refractivity (Wildman–Crippen MR) is 123 cm³/mol. The molecule has 6 heteroatoms. The number of carbonyl (C=O) groups is 1. The van der Waals surface area contributed by atoms with E-state index in [-0.39, 0.29) is 16.4 Å². The van der Waals surface area contributed by atoms with E-state index in [1.807, 2.05) is 60.7 Å². The van der Waals surface area contributed by atoms with Crippen molar-refractivity contribution in [3.8, 4) is 0 Å². The highest BCUT2D eigenvalue weighted by Gasteiger charge is 2.14. The largest absolute Gasteiger partial charge is 0.354 e. The van der Waals surface area contributed by atoms with Crippen LogP contribution in [0.25, 0.3) is 0 Å². The summed E-state index contributed by atoms with van der Waals surface area (Å²) in [6.45, 7) is 6.41. The molecule has 0 unspecified atom stereocenters. The molecule has 1 amide bonds. The van der Waals surface area contributed by atoms with E-state index in [1.54, 1.807) is 12.4 Å². The highest BCUT2D eigenvalue weighted by Crippen LogP contribution is 2.22. The van der Waals surface area contributed by atoms with Gasteiger partial charge >= 0.3 is 0 Å². The molecule has 1 heterocycles. The van der Waals surface area contributed by atoms with Gasteiger partial charge in [-0.1, -0.05) is 32.9 Å². The first-order chi connectivity index (χ1) is 13.8. The number of amides is 1. The van der Waals surface area contributed by atoms with Gasteiger partial charge in [0.2, 0.25) is 0 Å². The number of rotatable bonds is 4. The first kappa shape index (κ1) is 20.5.